The van der Waals surface area contributed by atoms with Crippen LogP contribution in [-0.4, -0.2) is 20.7 Å². The Kier molecular flexibility index (Phi) is 6.14. The molecule has 2 atom stereocenters. The molecule has 0 radical (unpaired) electrons. The highest BCUT2D eigenvalue weighted by molar-refractivity contribution is 8.00. The van der Waals surface area contributed by atoms with Crippen LogP contribution in [0.3, 0.4) is 0 Å². The van der Waals surface area contributed by atoms with Crippen LogP contribution in [0.1, 0.15) is 33.2 Å². The first-order valence-corrected chi connectivity index (χ1v) is 10.0. The molecule has 0 bridgehead atoms. The molecule has 1 N–H and O–H groups in total. The van der Waals surface area contributed by atoms with E-state index in [0.29, 0.717) is 16.1 Å². The van der Waals surface area contributed by atoms with Crippen molar-refractivity contribution in [3.8, 4) is 0 Å². The first-order chi connectivity index (χ1) is 13.4. The quantitative estimate of drug-likeness (QED) is 0.485. The highest BCUT2D eigenvalue weighted by atomic mass is 32.2. The predicted molar refractivity (Wildman–Crippen MR) is 111 cm³/mol. The first kappa shape index (κ1) is 20.1. The number of aromatic nitrogens is 2. The largest absolute Gasteiger partial charge is 0.323 e. The molecule has 7 heteroatoms. The minimum Gasteiger partial charge on any atom is -0.323 e. The van der Waals surface area contributed by atoms with Gasteiger partial charge in [0.05, 0.1) is 21.8 Å². The Labute approximate surface area is 167 Å². The maximum Gasteiger partial charge on any atom is 0.262 e. The lowest BCUT2D eigenvalue weighted by Gasteiger charge is -2.20. The van der Waals surface area contributed by atoms with Crippen LogP contribution in [0, 0.1) is 5.82 Å². The number of thioether (sulfide) groups is 1. The number of carbonyl (C=O) groups is 1. The van der Waals surface area contributed by atoms with E-state index in [1.54, 1.807) is 35.8 Å². The molecule has 1 aromatic heterocycles. The van der Waals surface area contributed by atoms with Gasteiger partial charge in [0.1, 0.15) is 5.82 Å². The molecular weight excluding hydrogens is 377 g/mol. The monoisotopic (exact) mass is 399 g/mol. The zero-order valence-corrected chi connectivity index (χ0v) is 16.8. The highest BCUT2D eigenvalue weighted by Gasteiger charge is 2.22. The summed E-state index contributed by atoms with van der Waals surface area (Å²) in [5, 5.41) is 3.06. The van der Waals surface area contributed by atoms with Crippen molar-refractivity contribution >= 4 is 34.3 Å². The Morgan fingerprint density at radius 1 is 1.18 bits per heavy atom. The minimum absolute atomic E-state index is 0.0612. The molecule has 28 heavy (non-hydrogen) atoms. The lowest BCUT2D eigenvalue weighted by atomic mass is 10.2. The zero-order chi connectivity index (χ0) is 20.3. The molecule has 3 rings (SSSR count). The second-order valence-electron chi connectivity index (χ2n) is 6.57. The third-order valence-corrected chi connectivity index (χ3v) is 5.66. The SMILES string of the molecule is CC[C@H](C)n1c(S[C@@H](C)C(=O)Nc2ccccc2F)nc2ccccc2c1=O. The van der Waals surface area contributed by atoms with Crippen molar-refractivity contribution < 1.29 is 9.18 Å². The Morgan fingerprint density at radius 3 is 2.57 bits per heavy atom. The summed E-state index contributed by atoms with van der Waals surface area (Å²) in [5.41, 5.74) is 0.603. The van der Waals surface area contributed by atoms with Gasteiger partial charge in [-0.05, 0) is 44.5 Å². The number of anilines is 1. The van der Waals surface area contributed by atoms with Crippen LogP contribution < -0.4 is 10.9 Å². The molecule has 0 saturated heterocycles. The van der Waals surface area contributed by atoms with Gasteiger partial charge >= 0.3 is 0 Å². The van der Waals surface area contributed by atoms with Gasteiger partial charge in [0, 0.05) is 6.04 Å². The molecule has 146 valence electrons. The van der Waals surface area contributed by atoms with E-state index in [4.69, 9.17) is 0 Å². The number of hydrogen-bond donors (Lipinski definition) is 1. The van der Waals surface area contributed by atoms with Gasteiger partial charge in [0.15, 0.2) is 5.16 Å². The Morgan fingerprint density at radius 2 is 1.86 bits per heavy atom. The average molecular weight is 399 g/mol. The van der Waals surface area contributed by atoms with Gasteiger partial charge in [-0.2, -0.15) is 0 Å². The molecule has 5 nitrogen and oxygen atoms in total. The predicted octanol–water partition coefficient (Wildman–Crippen LogP) is 4.63. The minimum atomic E-state index is -0.567. The van der Waals surface area contributed by atoms with Crippen molar-refractivity contribution in [2.75, 3.05) is 5.32 Å². The molecule has 3 aromatic rings. The van der Waals surface area contributed by atoms with E-state index in [0.717, 1.165) is 6.42 Å². The molecular formula is C21H22FN3O2S. The summed E-state index contributed by atoms with van der Waals surface area (Å²) < 4.78 is 15.4. The Bertz CT molecular complexity index is 1070. The van der Waals surface area contributed by atoms with E-state index in [1.807, 2.05) is 26.0 Å². The number of hydrogen-bond acceptors (Lipinski definition) is 4. The molecule has 2 aromatic carbocycles. The molecule has 0 aliphatic rings. The van der Waals surface area contributed by atoms with Gasteiger partial charge in [-0.3, -0.25) is 14.2 Å². The number of para-hydroxylation sites is 2. The lowest BCUT2D eigenvalue weighted by Crippen LogP contribution is -2.28. The summed E-state index contributed by atoms with van der Waals surface area (Å²) in [4.78, 5) is 30.2. The molecule has 0 aliphatic carbocycles. The van der Waals surface area contributed by atoms with Crippen LogP contribution in [-0.2, 0) is 4.79 Å². The highest BCUT2D eigenvalue weighted by Crippen LogP contribution is 2.26. The van der Waals surface area contributed by atoms with Gasteiger partial charge in [0.2, 0.25) is 5.91 Å². The molecule has 1 heterocycles. The molecule has 0 fully saturated rings. The fourth-order valence-electron chi connectivity index (χ4n) is 2.79. The standard InChI is InChI=1S/C21H22FN3O2S/c1-4-13(2)25-20(27)15-9-5-7-11-17(15)24-21(25)28-14(3)19(26)23-18-12-8-6-10-16(18)22/h5-14H,4H2,1-3H3,(H,23,26)/t13-,14-/m0/s1. The van der Waals surface area contributed by atoms with Gasteiger partial charge in [0.25, 0.3) is 5.56 Å². The van der Waals surface area contributed by atoms with E-state index in [2.05, 4.69) is 10.3 Å². The van der Waals surface area contributed by atoms with E-state index in [9.17, 15) is 14.0 Å². The number of nitrogens with zero attached hydrogens (tertiary/aromatic N) is 2. The topological polar surface area (TPSA) is 64.0 Å². The zero-order valence-electron chi connectivity index (χ0n) is 16.0. The van der Waals surface area contributed by atoms with Crippen molar-refractivity contribution in [1.82, 2.24) is 9.55 Å². The summed E-state index contributed by atoms with van der Waals surface area (Å²) in [6, 6.07) is 13.1. The summed E-state index contributed by atoms with van der Waals surface area (Å²) >= 11 is 1.19. The van der Waals surface area contributed by atoms with Crippen molar-refractivity contribution in [2.45, 2.75) is 43.6 Å². The van der Waals surface area contributed by atoms with Crippen molar-refractivity contribution in [3.63, 3.8) is 0 Å². The molecule has 0 saturated carbocycles. The Balaban J connectivity index is 1.93. The third kappa shape index (κ3) is 4.09. The fraction of sp³-hybridized carbons (Fsp3) is 0.286. The summed E-state index contributed by atoms with van der Waals surface area (Å²) in [5.74, 6) is -0.846. The normalized spacial score (nSPS) is 13.3. The molecule has 0 spiro atoms. The molecule has 1 amide bonds. The van der Waals surface area contributed by atoms with Crippen molar-refractivity contribution in [3.05, 3.63) is 64.7 Å². The number of nitrogens with one attached hydrogen (secondary N) is 1. The number of halogens is 1. The average Bonchev–Trinajstić information content (AvgIpc) is 2.69. The lowest BCUT2D eigenvalue weighted by molar-refractivity contribution is -0.115. The van der Waals surface area contributed by atoms with E-state index in [-0.39, 0.29) is 23.2 Å². The second-order valence-corrected chi connectivity index (χ2v) is 7.88. The molecule has 0 aliphatic heterocycles. The van der Waals surface area contributed by atoms with Crippen LogP contribution in [0.4, 0.5) is 10.1 Å². The number of fused-ring (bicyclic) bond motifs is 1. The number of rotatable bonds is 6. The summed E-state index contributed by atoms with van der Waals surface area (Å²) in [7, 11) is 0. The maximum atomic E-state index is 13.8. The van der Waals surface area contributed by atoms with Crippen molar-refractivity contribution in [2.24, 2.45) is 0 Å². The van der Waals surface area contributed by atoms with Crippen LogP contribution >= 0.6 is 11.8 Å². The van der Waals surface area contributed by atoms with Gasteiger partial charge in [-0.1, -0.05) is 43.0 Å². The number of benzene rings is 2. The smallest absolute Gasteiger partial charge is 0.262 e. The first-order valence-electron chi connectivity index (χ1n) is 9.15. The van der Waals surface area contributed by atoms with E-state index >= 15 is 0 Å². The number of carbonyl (C=O) groups excluding carboxylic acids is 1. The summed E-state index contributed by atoms with van der Waals surface area (Å²) in [6.07, 6.45) is 0.753. The molecule has 0 unspecified atom stereocenters. The van der Waals surface area contributed by atoms with Gasteiger partial charge in [-0.15, -0.1) is 0 Å². The van der Waals surface area contributed by atoms with E-state index in [1.165, 1.54) is 23.9 Å². The summed E-state index contributed by atoms with van der Waals surface area (Å²) in [6.45, 7) is 5.66. The maximum absolute atomic E-state index is 13.8. The van der Waals surface area contributed by atoms with Crippen LogP contribution in [0.2, 0.25) is 0 Å². The van der Waals surface area contributed by atoms with Crippen LogP contribution in [0.5, 0.6) is 0 Å². The van der Waals surface area contributed by atoms with Crippen LogP contribution in [0.25, 0.3) is 10.9 Å². The fourth-order valence-corrected chi connectivity index (χ4v) is 3.80. The Hall–Kier alpha value is -2.67. The van der Waals surface area contributed by atoms with Crippen LogP contribution in [0.15, 0.2) is 58.5 Å². The van der Waals surface area contributed by atoms with Gasteiger partial charge < -0.3 is 5.32 Å². The van der Waals surface area contributed by atoms with Gasteiger partial charge in [-0.25, -0.2) is 9.37 Å². The third-order valence-electron chi connectivity index (χ3n) is 4.59. The van der Waals surface area contributed by atoms with E-state index < -0.39 is 11.1 Å². The second kappa shape index (κ2) is 8.56. The number of amides is 1. The van der Waals surface area contributed by atoms with Crippen molar-refractivity contribution in [1.29, 1.82) is 0 Å².